The van der Waals surface area contributed by atoms with Crippen LogP contribution in [0.4, 0.5) is 21.6 Å². The maximum atomic E-state index is 13.3. The van der Waals surface area contributed by atoms with Crippen molar-refractivity contribution in [3.8, 4) is 5.75 Å². The number of benzene rings is 2. The molecule has 3 aromatic rings. The van der Waals surface area contributed by atoms with Gasteiger partial charge in [0.15, 0.2) is 0 Å². The van der Waals surface area contributed by atoms with Crippen LogP contribution in [0.1, 0.15) is 10.4 Å². The van der Waals surface area contributed by atoms with Gasteiger partial charge >= 0.3 is 0 Å². The molecular formula is C19H15ClFN3O2. The molecule has 0 saturated carbocycles. The lowest BCUT2D eigenvalue weighted by Gasteiger charge is -2.11. The van der Waals surface area contributed by atoms with Gasteiger partial charge in [0.2, 0.25) is 0 Å². The van der Waals surface area contributed by atoms with E-state index in [1.54, 1.807) is 42.5 Å². The maximum Gasteiger partial charge on any atom is 0.255 e. The predicted octanol–water partition coefficient (Wildman–Crippen LogP) is 4.88. The Morgan fingerprint density at radius 1 is 1.15 bits per heavy atom. The number of hydrogen-bond acceptors (Lipinski definition) is 4. The van der Waals surface area contributed by atoms with Crippen molar-refractivity contribution in [1.82, 2.24) is 4.98 Å². The normalized spacial score (nSPS) is 10.3. The Hall–Kier alpha value is -3.12. The highest BCUT2D eigenvalue weighted by Crippen LogP contribution is 2.28. The van der Waals surface area contributed by atoms with Crippen molar-refractivity contribution in [3.05, 3.63) is 77.2 Å². The van der Waals surface area contributed by atoms with Crippen molar-refractivity contribution in [1.29, 1.82) is 0 Å². The monoisotopic (exact) mass is 371 g/mol. The zero-order valence-electron chi connectivity index (χ0n) is 13.8. The first kappa shape index (κ1) is 17.7. The van der Waals surface area contributed by atoms with E-state index in [2.05, 4.69) is 15.6 Å². The van der Waals surface area contributed by atoms with Crippen LogP contribution < -0.4 is 15.4 Å². The van der Waals surface area contributed by atoms with Crippen LogP contribution in [0, 0.1) is 5.82 Å². The van der Waals surface area contributed by atoms with Crippen LogP contribution in [0.5, 0.6) is 5.75 Å². The predicted molar refractivity (Wildman–Crippen MR) is 99.9 cm³/mol. The number of hydrogen-bond donors (Lipinski definition) is 2. The number of aromatic nitrogens is 1. The maximum absolute atomic E-state index is 13.3. The Morgan fingerprint density at radius 2 is 2.00 bits per heavy atom. The van der Waals surface area contributed by atoms with Crippen LogP contribution in [-0.4, -0.2) is 18.0 Å². The summed E-state index contributed by atoms with van der Waals surface area (Å²) in [5, 5.41) is 6.19. The smallest absolute Gasteiger partial charge is 0.255 e. The summed E-state index contributed by atoms with van der Waals surface area (Å²) in [5.74, 6) is 0.198. The molecule has 0 radical (unpaired) electrons. The highest BCUT2D eigenvalue weighted by molar-refractivity contribution is 6.31. The number of rotatable bonds is 5. The van der Waals surface area contributed by atoms with Gasteiger partial charge in [0, 0.05) is 22.5 Å². The number of anilines is 3. The quantitative estimate of drug-likeness (QED) is 0.671. The molecule has 1 aromatic heterocycles. The molecule has 0 atom stereocenters. The van der Waals surface area contributed by atoms with E-state index >= 15 is 0 Å². The Labute approximate surface area is 154 Å². The first-order valence-electron chi connectivity index (χ1n) is 7.69. The molecule has 1 amide bonds. The van der Waals surface area contributed by atoms with Gasteiger partial charge in [-0.2, -0.15) is 0 Å². The Balaban J connectivity index is 1.79. The van der Waals surface area contributed by atoms with Crippen molar-refractivity contribution in [2.75, 3.05) is 17.7 Å². The van der Waals surface area contributed by atoms with Gasteiger partial charge < -0.3 is 15.4 Å². The molecule has 132 valence electrons. The molecular weight excluding hydrogens is 357 g/mol. The first-order valence-corrected chi connectivity index (χ1v) is 8.06. The number of carbonyl (C=O) groups excluding carboxylic acids is 1. The summed E-state index contributed by atoms with van der Waals surface area (Å²) >= 11 is 5.97. The average Bonchev–Trinajstić information content (AvgIpc) is 2.62. The summed E-state index contributed by atoms with van der Waals surface area (Å²) in [6, 6.07) is 14.1. The van der Waals surface area contributed by atoms with Crippen LogP contribution in [-0.2, 0) is 0 Å². The zero-order chi connectivity index (χ0) is 18.5. The van der Waals surface area contributed by atoms with Gasteiger partial charge in [-0.3, -0.25) is 4.79 Å². The number of nitrogens with one attached hydrogen (secondary N) is 2. The molecule has 0 aliphatic heterocycles. The molecule has 3 rings (SSSR count). The Morgan fingerprint density at radius 3 is 2.77 bits per heavy atom. The second-order valence-electron chi connectivity index (χ2n) is 5.36. The fourth-order valence-electron chi connectivity index (χ4n) is 2.33. The van der Waals surface area contributed by atoms with Crippen molar-refractivity contribution in [2.24, 2.45) is 0 Å². The number of amides is 1. The summed E-state index contributed by atoms with van der Waals surface area (Å²) in [7, 11) is 1.51. The molecule has 0 saturated heterocycles. The van der Waals surface area contributed by atoms with Gasteiger partial charge in [-0.15, -0.1) is 0 Å². The molecule has 0 fully saturated rings. The van der Waals surface area contributed by atoms with Gasteiger partial charge in [0.1, 0.15) is 17.4 Å². The minimum Gasteiger partial charge on any atom is -0.495 e. The van der Waals surface area contributed by atoms with E-state index in [-0.39, 0.29) is 11.7 Å². The number of ether oxygens (including phenoxy) is 1. The summed E-state index contributed by atoms with van der Waals surface area (Å²) < 4.78 is 18.5. The van der Waals surface area contributed by atoms with Gasteiger partial charge in [-0.05, 0) is 48.5 Å². The van der Waals surface area contributed by atoms with Crippen molar-refractivity contribution in [3.63, 3.8) is 0 Å². The standard InChI is InChI=1S/C19H15ClFN3O2/c1-26-17-6-5-13(20)10-16(17)24-19(25)12-7-8-22-18(9-12)23-15-4-2-3-14(21)11-15/h2-11H,1H3,(H,22,23)(H,24,25). The fraction of sp³-hybridized carbons (Fsp3) is 0.0526. The molecule has 7 heteroatoms. The van der Waals surface area contributed by atoms with Gasteiger partial charge in [0.05, 0.1) is 12.8 Å². The number of pyridine rings is 1. The van der Waals surface area contributed by atoms with Crippen molar-refractivity contribution in [2.45, 2.75) is 0 Å². The number of halogens is 2. The largest absolute Gasteiger partial charge is 0.495 e. The summed E-state index contributed by atoms with van der Waals surface area (Å²) in [6.07, 6.45) is 1.49. The molecule has 0 spiro atoms. The van der Waals surface area contributed by atoms with Gasteiger partial charge in [0.25, 0.3) is 5.91 Å². The third-order valence-corrected chi connectivity index (χ3v) is 3.76. The summed E-state index contributed by atoms with van der Waals surface area (Å²) in [6.45, 7) is 0. The lowest BCUT2D eigenvalue weighted by molar-refractivity contribution is 0.102. The van der Waals surface area contributed by atoms with E-state index in [9.17, 15) is 9.18 Å². The second-order valence-corrected chi connectivity index (χ2v) is 5.80. The van der Waals surface area contributed by atoms with Crippen molar-refractivity contribution < 1.29 is 13.9 Å². The minimum atomic E-state index is -0.364. The van der Waals surface area contributed by atoms with E-state index < -0.39 is 0 Å². The first-order chi connectivity index (χ1) is 12.5. The molecule has 5 nitrogen and oxygen atoms in total. The molecule has 2 aromatic carbocycles. The van der Waals surface area contributed by atoms with Crippen LogP contribution in [0.15, 0.2) is 60.8 Å². The van der Waals surface area contributed by atoms with Crippen molar-refractivity contribution >= 4 is 34.7 Å². The Kier molecular flexibility index (Phi) is 5.34. The molecule has 26 heavy (non-hydrogen) atoms. The summed E-state index contributed by atoms with van der Waals surface area (Å²) in [5.41, 5.74) is 1.37. The van der Waals surface area contributed by atoms with E-state index in [1.165, 1.54) is 25.4 Å². The van der Waals surface area contributed by atoms with Gasteiger partial charge in [-0.25, -0.2) is 9.37 Å². The average molecular weight is 372 g/mol. The van der Waals surface area contributed by atoms with E-state index in [4.69, 9.17) is 16.3 Å². The van der Waals surface area contributed by atoms with Crippen LogP contribution >= 0.6 is 11.6 Å². The molecule has 0 bridgehead atoms. The topological polar surface area (TPSA) is 63.2 Å². The third kappa shape index (κ3) is 4.29. The fourth-order valence-corrected chi connectivity index (χ4v) is 2.50. The SMILES string of the molecule is COc1ccc(Cl)cc1NC(=O)c1ccnc(Nc2cccc(F)c2)c1. The lowest BCUT2D eigenvalue weighted by Crippen LogP contribution is -2.13. The van der Waals surface area contributed by atoms with Crippen LogP contribution in [0.3, 0.4) is 0 Å². The zero-order valence-corrected chi connectivity index (χ0v) is 14.5. The van der Waals surface area contributed by atoms with Crippen LogP contribution in [0.2, 0.25) is 5.02 Å². The minimum absolute atomic E-state index is 0.352. The highest BCUT2D eigenvalue weighted by atomic mass is 35.5. The molecule has 0 unspecified atom stereocenters. The number of methoxy groups -OCH3 is 1. The lowest BCUT2D eigenvalue weighted by atomic mass is 10.2. The number of nitrogens with zero attached hydrogens (tertiary/aromatic N) is 1. The Bertz CT molecular complexity index is 950. The highest BCUT2D eigenvalue weighted by Gasteiger charge is 2.11. The van der Waals surface area contributed by atoms with E-state index in [0.29, 0.717) is 33.5 Å². The van der Waals surface area contributed by atoms with Crippen LogP contribution in [0.25, 0.3) is 0 Å². The second kappa shape index (κ2) is 7.84. The molecule has 2 N–H and O–H groups in total. The third-order valence-electron chi connectivity index (χ3n) is 3.53. The number of carbonyl (C=O) groups is 1. The summed E-state index contributed by atoms with van der Waals surface area (Å²) in [4.78, 5) is 16.7. The molecule has 0 aliphatic rings. The van der Waals surface area contributed by atoms with Gasteiger partial charge in [-0.1, -0.05) is 17.7 Å². The van der Waals surface area contributed by atoms with E-state index in [1.807, 2.05) is 0 Å². The molecule has 1 heterocycles. The molecule has 0 aliphatic carbocycles. The van der Waals surface area contributed by atoms with E-state index in [0.717, 1.165) is 0 Å².